The van der Waals surface area contributed by atoms with Crippen molar-refractivity contribution in [3.8, 4) is 11.4 Å². The zero-order chi connectivity index (χ0) is 21.3. The quantitative estimate of drug-likeness (QED) is 0.553. The van der Waals surface area contributed by atoms with Crippen molar-refractivity contribution in [2.75, 3.05) is 12.4 Å². The summed E-state index contributed by atoms with van der Waals surface area (Å²) in [6.07, 6.45) is 2.86. The maximum Gasteiger partial charge on any atom is 0.264 e. The Morgan fingerprint density at radius 2 is 1.87 bits per heavy atom. The first-order chi connectivity index (χ1) is 14.5. The number of amides is 1. The van der Waals surface area contributed by atoms with Crippen molar-refractivity contribution < 1.29 is 9.53 Å². The molecule has 8 heteroatoms. The molecule has 0 bridgehead atoms. The lowest BCUT2D eigenvalue weighted by Gasteiger charge is -2.09. The fourth-order valence-electron chi connectivity index (χ4n) is 3.14. The van der Waals surface area contributed by atoms with Crippen LogP contribution in [0.25, 0.3) is 16.7 Å². The van der Waals surface area contributed by atoms with Crippen molar-refractivity contribution in [3.05, 3.63) is 76.5 Å². The third-order valence-electron chi connectivity index (χ3n) is 4.98. The largest absolute Gasteiger partial charge is 0.497 e. The predicted molar refractivity (Wildman–Crippen MR) is 114 cm³/mol. The molecule has 30 heavy (non-hydrogen) atoms. The molecule has 4 rings (SSSR count). The predicted octanol–water partition coefficient (Wildman–Crippen LogP) is 2.85. The second-order valence-corrected chi connectivity index (χ2v) is 7.02. The lowest BCUT2D eigenvalue weighted by atomic mass is 10.1. The van der Waals surface area contributed by atoms with E-state index >= 15 is 0 Å². The van der Waals surface area contributed by atoms with Gasteiger partial charge in [-0.3, -0.25) is 14.2 Å². The van der Waals surface area contributed by atoms with Gasteiger partial charge in [0, 0.05) is 5.69 Å². The summed E-state index contributed by atoms with van der Waals surface area (Å²) >= 11 is 0. The van der Waals surface area contributed by atoms with E-state index in [0.717, 1.165) is 11.3 Å². The van der Waals surface area contributed by atoms with Gasteiger partial charge in [-0.25, -0.2) is 9.67 Å². The summed E-state index contributed by atoms with van der Waals surface area (Å²) < 4.78 is 8.00. The van der Waals surface area contributed by atoms with Crippen molar-refractivity contribution in [2.45, 2.75) is 20.4 Å². The van der Waals surface area contributed by atoms with E-state index in [9.17, 15) is 9.59 Å². The zero-order valence-electron chi connectivity index (χ0n) is 16.9. The van der Waals surface area contributed by atoms with Gasteiger partial charge in [-0.2, -0.15) is 5.10 Å². The lowest BCUT2D eigenvalue weighted by Crippen LogP contribution is -2.27. The molecular formula is C22H21N5O3. The highest BCUT2D eigenvalue weighted by Gasteiger charge is 2.14. The summed E-state index contributed by atoms with van der Waals surface area (Å²) in [6, 6.07) is 12.9. The topological polar surface area (TPSA) is 91.0 Å². The van der Waals surface area contributed by atoms with Crippen LogP contribution in [0.2, 0.25) is 0 Å². The number of methoxy groups -OCH3 is 1. The summed E-state index contributed by atoms with van der Waals surface area (Å²) in [5.41, 5.74) is 3.88. The maximum atomic E-state index is 12.8. The number of benzene rings is 2. The minimum absolute atomic E-state index is 0.150. The van der Waals surface area contributed by atoms with Crippen LogP contribution >= 0.6 is 0 Å². The zero-order valence-corrected chi connectivity index (χ0v) is 16.9. The fraction of sp³-hybridized carbons (Fsp3) is 0.182. The van der Waals surface area contributed by atoms with Gasteiger partial charge in [-0.1, -0.05) is 6.07 Å². The summed E-state index contributed by atoms with van der Waals surface area (Å²) in [5, 5.41) is 7.44. The number of carbonyl (C=O) groups excluding carboxylic acids is 1. The SMILES string of the molecule is COc1ccc(NC(=O)Cn2cnc3c(cnn3-c3ccc(C)c(C)c3)c2=O)cc1. The van der Waals surface area contributed by atoms with Gasteiger partial charge in [0.2, 0.25) is 5.91 Å². The molecule has 0 atom stereocenters. The van der Waals surface area contributed by atoms with Gasteiger partial charge >= 0.3 is 0 Å². The van der Waals surface area contributed by atoms with Crippen LogP contribution in [0.4, 0.5) is 5.69 Å². The highest BCUT2D eigenvalue weighted by atomic mass is 16.5. The average Bonchev–Trinajstić information content (AvgIpc) is 3.17. The van der Waals surface area contributed by atoms with Gasteiger partial charge in [0.25, 0.3) is 5.56 Å². The molecule has 0 saturated heterocycles. The number of nitrogens with one attached hydrogen (secondary N) is 1. The van der Waals surface area contributed by atoms with Crippen LogP contribution in [-0.4, -0.2) is 32.3 Å². The first-order valence-electron chi connectivity index (χ1n) is 9.41. The van der Waals surface area contributed by atoms with E-state index in [1.54, 1.807) is 36.1 Å². The minimum Gasteiger partial charge on any atom is -0.497 e. The van der Waals surface area contributed by atoms with E-state index in [2.05, 4.69) is 15.4 Å². The molecule has 2 aromatic carbocycles. The van der Waals surface area contributed by atoms with E-state index in [0.29, 0.717) is 22.5 Å². The summed E-state index contributed by atoms with van der Waals surface area (Å²) in [4.78, 5) is 29.6. The molecule has 1 N–H and O–H groups in total. The van der Waals surface area contributed by atoms with Crippen LogP contribution in [0.5, 0.6) is 5.75 Å². The number of hydrogen-bond acceptors (Lipinski definition) is 5. The molecule has 0 aliphatic rings. The first-order valence-corrected chi connectivity index (χ1v) is 9.41. The molecule has 2 heterocycles. The summed E-state index contributed by atoms with van der Waals surface area (Å²) in [7, 11) is 1.57. The van der Waals surface area contributed by atoms with Crippen LogP contribution in [0.3, 0.4) is 0 Å². The van der Waals surface area contributed by atoms with Crippen molar-refractivity contribution in [2.24, 2.45) is 0 Å². The average molecular weight is 403 g/mol. The Hall–Kier alpha value is -3.94. The second-order valence-electron chi connectivity index (χ2n) is 7.02. The van der Waals surface area contributed by atoms with Crippen molar-refractivity contribution in [1.82, 2.24) is 19.3 Å². The Morgan fingerprint density at radius 1 is 1.10 bits per heavy atom. The lowest BCUT2D eigenvalue weighted by molar-refractivity contribution is -0.116. The molecule has 0 spiro atoms. The summed E-state index contributed by atoms with van der Waals surface area (Å²) in [5.74, 6) is 0.365. The van der Waals surface area contributed by atoms with Gasteiger partial charge in [0.1, 0.15) is 24.0 Å². The van der Waals surface area contributed by atoms with E-state index in [4.69, 9.17) is 4.74 Å². The van der Waals surface area contributed by atoms with Gasteiger partial charge < -0.3 is 10.1 Å². The van der Waals surface area contributed by atoms with Crippen LogP contribution in [0, 0.1) is 13.8 Å². The van der Waals surface area contributed by atoms with Crippen molar-refractivity contribution in [3.63, 3.8) is 0 Å². The van der Waals surface area contributed by atoms with E-state index in [1.807, 2.05) is 32.0 Å². The third-order valence-corrected chi connectivity index (χ3v) is 4.98. The standard InChI is InChI=1S/C22H21N5O3/c1-14-4-7-17(10-15(14)2)27-21-19(11-24-27)22(29)26(13-23-21)12-20(28)25-16-5-8-18(30-3)9-6-16/h4-11,13H,12H2,1-3H3,(H,25,28). The number of aromatic nitrogens is 4. The molecule has 1 amide bonds. The number of aryl methyl sites for hydroxylation is 2. The number of rotatable bonds is 5. The molecule has 0 radical (unpaired) electrons. The minimum atomic E-state index is -0.329. The monoisotopic (exact) mass is 403 g/mol. The Morgan fingerprint density at radius 3 is 2.57 bits per heavy atom. The Balaban J connectivity index is 1.58. The number of carbonyl (C=O) groups is 1. The summed E-state index contributed by atoms with van der Waals surface area (Å²) in [6.45, 7) is 3.91. The fourth-order valence-corrected chi connectivity index (χ4v) is 3.14. The number of anilines is 1. The maximum absolute atomic E-state index is 12.8. The first kappa shape index (κ1) is 19.4. The van der Waals surface area contributed by atoms with E-state index < -0.39 is 0 Å². The molecule has 152 valence electrons. The Bertz CT molecular complexity index is 1290. The van der Waals surface area contributed by atoms with Gasteiger partial charge in [-0.15, -0.1) is 0 Å². The molecule has 8 nitrogen and oxygen atoms in total. The molecule has 0 unspecified atom stereocenters. The van der Waals surface area contributed by atoms with Gasteiger partial charge in [-0.05, 0) is 61.4 Å². The van der Waals surface area contributed by atoms with Crippen LogP contribution in [-0.2, 0) is 11.3 Å². The van der Waals surface area contributed by atoms with E-state index in [1.165, 1.54) is 22.7 Å². The van der Waals surface area contributed by atoms with Crippen LogP contribution < -0.4 is 15.6 Å². The Kier molecular flexibility index (Phi) is 5.05. The molecule has 4 aromatic rings. The third kappa shape index (κ3) is 3.67. The molecule has 2 aromatic heterocycles. The second kappa shape index (κ2) is 7.82. The number of fused-ring (bicyclic) bond motifs is 1. The number of ether oxygens (including phenoxy) is 1. The molecular weight excluding hydrogens is 382 g/mol. The molecule has 0 aliphatic carbocycles. The molecule has 0 saturated carbocycles. The van der Waals surface area contributed by atoms with Gasteiger partial charge in [0.15, 0.2) is 5.65 Å². The smallest absolute Gasteiger partial charge is 0.264 e. The Labute approximate surface area is 172 Å². The number of hydrogen-bond donors (Lipinski definition) is 1. The highest BCUT2D eigenvalue weighted by Crippen LogP contribution is 2.17. The van der Waals surface area contributed by atoms with E-state index in [-0.39, 0.29) is 18.0 Å². The van der Waals surface area contributed by atoms with Crippen molar-refractivity contribution in [1.29, 1.82) is 0 Å². The molecule has 0 fully saturated rings. The van der Waals surface area contributed by atoms with Gasteiger partial charge in [0.05, 0.1) is 19.0 Å². The highest BCUT2D eigenvalue weighted by molar-refractivity contribution is 5.90. The normalized spacial score (nSPS) is 10.9. The van der Waals surface area contributed by atoms with Crippen molar-refractivity contribution >= 4 is 22.6 Å². The van der Waals surface area contributed by atoms with Crippen LogP contribution in [0.1, 0.15) is 11.1 Å². The van der Waals surface area contributed by atoms with Crippen LogP contribution in [0.15, 0.2) is 59.8 Å². The molecule has 0 aliphatic heterocycles. The number of nitrogens with zero attached hydrogens (tertiary/aromatic N) is 4.